The summed E-state index contributed by atoms with van der Waals surface area (Å²) in [4.78, 5) is 12.8. The monoisotopic (exact) mass is 398 g/mol. The van der Waals surface area contributed by atoms with E-state index in [9.17, 15) is 13.2 Å². The third-order valence-electron chi connectivity index (χ3n) is 5.19. The molecule has 0 spiro atoms. The molecule has 2 N–H and O–H groups in total. The predicted molar refractivity (Wildman–Crippen MR) is 106 cm³/mol. The molecule has 4 rings (SSSR count). The highest BCUT2D eigenvalue weighted by Gasteiger charge is 2.29. The number of sulfonamides is 1. The number of piperidine rings is 1. The summed E-state index contributed by atoms with van der Waals surface area (Å²) < 4.78 is 26.9. The second kappa shape index (κ2) is 7.73. The summed E-state index contributed by atoms with van der Waals surface area (Å²) in [7, 11) is -3.44. The largest absolute Gasteiger partial charge is 0.350 e. The minimum atomic E-state index is -3.44. The number of amides is 1. The molecule has 1 amide bonds. The van der Waals surface area contributed by atoms with Crippen molar-refractivity contribution in [3.8, 4) is 0 Å². The SMILES string of the molecule is O=C(NCC1CCN(S(=O)(=O)c2ccccc2)CC1)c1n[nH]c2ccccc12. The molecule has 0 aliphatic carbocycles. The molecule has 1 saturated heterocycles. The van der Waals surface area contributed by atoms with Gasteiger partial charge in [0, 0.05) is 25.0 Å². The lowest BCUT2D eigenvalue weighted by Gasteiger charge is -2.31. The van der Waals surface area contributed by atoms with Gasteiger partial charge in [0.2, 0.25) is 10.0 Å². The summed E-state index contributed by atoms with van der Waals surface area (Å²) in [5.74, 6) is 0.0353. The maximum atomic E-state index is 12.7. The number of aromatic nitrogens is 2. The molecule has 2 heterocycles. The zero-order valence-corrected chi connectivity index (χ0v) is 16.2. The highest BCUT2D eigenvalue weighted by molar-refractivity contribution is 7.89. The van der Waals surface area contributed by atoms with E-state index in [4.69, 9.17) is 0 Å². The Bertz CT molecular complexity index is 1070. The normalized spacial score (nSPS) is 16.3. The average molecular weight is 398 g/mol. The molecule has 1 aliphatic rings. The van der Waals surface area contributed by atoms with Crippen molar-refractivity contribution in [2.24, 2.45) is 5.92 Å². The standard InChI is InChI=1S/C20H22N4O3S/c25-20(19-17-8-4-5-9-18(17)22-23-19)21-14-15-10-12-24(13-11-15)28(26,27)16-6-2-1-3-7-16/h1-9,15H,10-14H2,(H,21,25)(H,22,23). The number of carbonyl (C=O) groups excluding carboxylic acids is 1. The first-order chi connectivity index (χ1) is 13.6. The number of aromatic amines is 1. The van der Waals surface area contributed by atoms with Gasteiger partial charge in [-0.2, -0.15) is 9.40 Å². The maximum absolute atomic E-state index is 12.7. The minimum absolute atomic E-state index is 0.211. The summed E-state index contributed by atoms with van der Waals surface area (Å²) in [5.41, 5.74) is 1.21. The fourth-order valence-electron chi connectivity index (χ4n) is 3.55. The van der Waals surface area contributed by atoms with Crippen LogP contribution in [0.4, 0.5) is 0 Å². The lowest BCUT2D eigenvalue weighted by Crippen LogP contribution is -2.41. The Labute approximate surface area is 163 Å². The zero-order chi connectivity index (χ0) is 19.6. The number of para-hydroxylation sites is 1. The molecular formula is C20H22N4O3S. The lowest BCUT2D eigenvalue weighted by molar-refractivity contribution is 0.0938. The summed E-state index contributed by atoms with van der Waals surface area (Å²) >= 11 is 0. The molecule has 2 aromatic carbocycles. The minimum Gasteiger partial charge on any atom is -0.350 e. The van der Waals surface area contributed by atoms with Gasteiger partial charge >= 0.3 is 0 Å². The fourth-order valence-corrected chi connectivity index (χ4v) is 5.04. The van der Waals surface area contributed by atoms with Crippen LogP contribution < -0.4 is 5.32 Å². The number of fused-ring (bicyclic) bond motifs is 1. The van der Waals surface area contributed by atoms with E-state index in [0.29, 0.717) is 43.1 Å². The van der Waals surface area contributed by atoms with Gasteiger partial charge in [0.1, 0.15) is 0 Å². The summed E-state index contributed by atoms with van der Waals surface area (Å²) in [6.07, 6.45) is 1.43. The highest BCUT2D eigenvalue weighted by atomic mass is 32.2. The highest BCUT2D eigenvalue weighted by Crippen LogP contribution is 2.23. The van der Waals surface area contributed by atoms with E-state index in [0.717, 1.165) is 10.9 Å². The molecule has 0 saturated carbocycles. The van der Waals surface area contributed by atoms with Gasteiger partial charge in [0.05, 0.1) is 10.4 Å². The zero-order valence-electron chi connectivity index (χ0n) is 15.3. The summed E-state index contributed by atoms with van der Waals surface area (Å²) in [6, 6.07) is 16.0. The molecule has 1 aliphatic heterocycles. The van der Waals surface area contributed by atoms with E-state index in [1.54, 1.807) is 30.3 Å². The van der Waals surface area contributed by atoms with Crippen LogP contribution >= 0.6 is 0 Å². The predicted octanol–water partition coefficient (Wildman–Crippen LogP) is 2.39. The van der Waals surface area contributed by atoms with Gasteiger partial charge < -0.3 is 5.32 Å². The van der Waals surface area contributed by atoms with Crippen molar-refractivity contribution in [2.75, 3.05) is 19.6 Å². The molecule has 146 valence electrons. The molecule has 0 radical (unpaired) electrons. The quantitative estimate of drug-likeness (QED) is 0.690. The molecule has 8 heteroatoms. The Hall–Kier alpha value is -2.71. The van der Waals surface area contributed by atoms with E-state index in [1.165, 1.54) is 4.31 Å². The van der Waals surface area contributed by atoms with Crippen molar-refractivity contribution in [3.05, 3.63) is 60.3 Å². The van der Waals surface area contributed by atoms with Crippen LogP contribution in [0.3, 0.4) is 0 Å². The fraction of sp³-hybridized carbons (Fsp3) is 0.300. The number of carbonyl (C=O) groups is 1. The van der Waals surface area contributed by atoms with Gasteiger partial charge in [-0.1, -0.05) is 36.4 Å². The molecule has 0 bridgehead atoms. The smallest absolute Gasteiger partial charge is 0.272 e. The Kier molecular flexibility index (Phi) is 5.15. The Morgan fingerprint density at radius 2 is 1.75 bits per heavy atom. The number of nitrogens with zero attached hydrogens (tertiary/aromatic N) is 2. The molecule has 28 heavy (non-hydrogen) atoms. The number of hydrogen-bond donors (Lipinski definition) is 2. The van der Waals surface area contributed by atoms with Crippen molar-refractivity contribution in [1.82, 2.24) is 19.8 Å². The topological polar surface area (TPSA) is 95.2 Å². The van der Waals surface area contributed by atoms with Crippen molar-refractivity contribution in [2.45, 2.75) is 17.7 Å². The first kappa shape index (κ1) is 18.6. The second-order valence-corrected chi connectivity index (χ2v) is 8.93. The number of H-pyrrole nitrogens is 1. The van der Waals surface area contributed by atoms with Crippen molar-refractivity contribution in [1.29, 1.82) is 0 Å². The van der Waals surface area contributed by atoms with Gasteiger partial charge in [-0.25, -0.2) is 8.42 Å². The molecule has 7 nitrogen and oxygen atoms in total. The van der Waals surface area contributed by atoms with Crippen LogP contribution in [0.5, 0.6) is 0 Å². The van der Waals surface area contributed by atoms with Crippen LogP contribution in [0.25, 0.3) is 10.9 Å². The maximum Gasteiger partial charge on any atom is 0.272 e. The molecule has 1 fully saturated rings. The van der Waals surface area contributed by atoms with Gasteiger partial charge in [0.25, 0.3) is 5.91 Å². The van der Waals surface area contributed by atoms with E-state index in [1.807, 2.05) is 24.3 Å². The van der Waals surface area contributed by atoms with Gasteiger partial charge in [-0.15, -0.1) is 0 Å². The van der Waals surface area contributed by atoms with Crippen molar-refractivity contribution in [3.63, 3.8) is 0 Å². The van der Waals surface area contributed by atoms with Gasteiger partial charge in [-0.05, 0) is 37.0 Å². The van der Waals surface area contributed by atoms with E-state index in [2.05, 4.69) is 15.5 Å². The Balaban J connectivity index is 1.33. The second-order valence-electron chi connectivity index (χ2n) is 6.99. The first-order valence-corrected chi connectivity index (χ1v) is 10.8. The van der Waals surface area contributed by atoms with Crippen LogP contribution in [0, 0.1) is 5.92 Å². The third kappa shape index (κ3) is 3.65. The van der Waals surface area contributed by atoms with Crippen LogP contribution in [0.15, 0.2) is 59.5 Å². The average Bonchev–Trinajstić information content (AvgIpc) is 3.17. The van der Waals surface area contributed by atoms with Crippen LogP contribution in [-0.4, -0.2) is 48.5 Å². The van der Waals surface area contributed by atoms with Crippen molar-refractivity contribution >= 4 is 26.8 Å². The first-order valence-electron chi connectivity index (χ1n) is 9.32. The van der Waals surface area contributed by atoms with Crippen LogP contribution in [0.1, 0.15) is 23.3 Å². The van der Waals surface area contributed by atoms with Crippen LogP contribution in [0.2, 0.25) is 0 Å². The molecule has 0 unspecified atom stereocenters. The Morgan fingerprint density at radius 1 is 1.07 bits per heavy atom. The van der Waals surface area contributed by atoms with Crippen molar-refractivity contribution < 1.29 is 13.2 Å². The number of hydrogen-bond acceptors (Lipinski definition) is 4. The molecule has 0 atom stereocenters. The third-order valence-corrected chi connectivity index (χ3v) is 7.10. The summed E-state index contributed by atoms with van der Waals surface area (Å²) in [5, 5.41) is 10.7. The van der Waals surface area contributed by atoms with E-state index in [-0.39, 0.29) is 11.8 Å². The number of rotatable bonds is 5. The van der Waals surface area contributed by atoms with E-state index >= 15 is 0 Å². The van der Waals surface area contributed by atoms with Crippen LogP contribution in [-0.2, 0) is 10.0 Å². The number of nitrogens with one attached hydrogen (secondary N) is 2. The summed E-state index contributed by atoms with van der Waals surface area (Å²) in [6.45, 7) is 1.44. The molecule has 3 aromatic rings. The lowest BCUT2D eigenvalue weighted by atomic mass is 9.98. The molecular weight excluding hydrogens is 376 g/mol. The Morgan fingerprint density at radius 3 is 2.50 bits per heavy atom. The van der Waals surface area contributed by atoms with E-state index < -0.39 is 10.0 Å². The molecule has 1 aromatic heterocycles. The van der Waals surface area contributed by atoms with Gasteiger partial charge in [0.15, 0.2) is 5.69 Å². The van der Waals surface area contributed by atoms with Gasteiger partial charge in [-0.3, -0.25) is 9.89 Å². The number of benzene rings is 2.